The van der Waals surface area contributed by atoms with Gasteiger partial charge in [-0.15, -0.1) is 0 Å². The van der Waals surface area contributed by atoms with E-state index >= 15 is 0 Å². The Kier molecular flexibility index (Phi) is 4.73. The van der Waals surface area contributed by atoms with E-state index in [4.69, 9.17) is 10.8 Å². The molecule has 0 aromatic heterocycles. The van der Waals surface area contributed by atoms with Crippen LogP contribution in [0.5, 0.6) is 0 Å². The number of carbonyl (C=O) groups is 2. The van der Waals surface area contributed by atoms with Gasteiger partial charge in [0.1, 0.15) is 6.04 Å². The number of hydrogen-bond acceptors (Lipinski definition) is 3. The van der Waals surface area contributed by atoms with Crippen LogP contribution in [0, 0.1) is 0 Å². The van der Waals surface area contributed by atoms with Crippen LogP contribution in [0.1, 0.15) is 39.0 Å². The molecule has 5 heteroatoms. The Morgan fingerprint density at radius 2 is 2.19 bits per heavy atom. The molecule has 0 aromatic rings. The molecule has 0 aliphatic carbocycles. The summed E-state index contributed by atoms with van der Waals surface area (Å²) < 4.78 is 0. The van der Waals surface area contributed by atoms with Crippen LogP contribution >= 0.6 is 0 Å². The van der Waals surface area contributed by atoms with Crippen molar-refractivity contribution in [2.24, 2.45) is 5.73 Å². The molecule has 1 amide bonds. The minimum absolute atomic E-state index is 0.214. The summed E-state index contributed by atoms with van der Waals surface area (Å²) >= 11 is 0. The van der Waals surface area contributed by atoms with Crippen molar-refractivity contribution in [3.8, 4) is 0 Å². The number of hydrogen-bond donors (Lipinski definition) is 2. The molecule has 1 saturated heterocycles. The van der Waals surface area contributed by atoms with E-state index in [9.17, 15) is 9.59 Å². The highest BCUT2D eigenvalue weighted by atomic mass is 16.4. The van der Waals surface area contributed by atoms with Crippen LogP contribution in [0.4, 0.5) is 0 Å². The predicted molar refractivity (Wildman–Crippen MR) is 59.9 cm³/mol. The number of carboxylic acid groups (broad SMARTS) is 1. The maximum Gasteiger partial charge on any atom is 0.326 e. The van der Waals surface area contributed by atoms with E-state index in [0.29, 0.717) is 19.4 Å². The number of carbonyl (C=O) groups excluding carboxylic acids is 1. The Bertz CT molecular complexity index is 268. The minimum Gasteiger partial charge on any atom is -0.480 e. The first-order chi connectivity index (χ1) is 7.57. The van der Waals surface area contributed by atoms with Gasteiger partial charge in [0.05, 0.1) is 6.04 Å². The largest absolute Gasteiger partial charge is 0.480 e. The molecular formula is C11H20N2O3. The fourth-order valence-electron chi connectivity index (χ4n) is 2.10. The number of piperidine rings is 1. The van der Waals surface area contributed by atoms with Crippen LogP contribution in [0.2, 0.25) is 0 Å². The summed E-state index contributed by atoms with van der Waals surface area (Å²) in [6, 6.07) is -1.23. The molecule has 0 radical (unpaired) electrons. The van der Waals surface area contributed by atoms with Crippen molar-refractivity contribution < 1.29 is 14.7 Å². The van der Waals surface area contributed by atoms with Gasteiger partial charge < -0.3 is 15.7 Å². The van der Waals surface area contributed by atoms with Crippen molar-refractivity contribution in [1.82, 2.24) is 4.90 Å². The second-order valence-electron chi connectivity index (χ2n) is 4.28. The standard InChI is InChI=1S/C11H20N2O3/c1-2-5-8(12)10(14)13-7-4-3-6-9(13)11(15)16/h8-9H,2-7,12H2,1H3,(H,15,16)/t8-,9-/m1/s1. The zero-order valence-electron chi connectivity index (χ0n) is 9.69. The third-order valence-corrected chi connectivity index (χ3v) is 2.99. The zero-order valence-corrected chi connectivity index (χ0v) is 9.69. The Hall–Kier alpha value is -1.10. The van der Waals surface area contributed by atoms with Gasteiger partial charge in [0.15, 0.2) is 0 Å². The fourth-order valence-corrected chi connectivity index (χ4v) is 2.10. The highest BCUT2D eigenvalue weighted by Crippen LogP contribution is 2.18. The van der Waals surface area contributed by atoms with E-state index in [0.717, 1.165) is 19.3 Å². The molecule has 0 aromatic carbocycles. The molecule has 1 fully saturated rings. The van der Waals surface area contributed by atoms with E-state index in [2.05, 4.69) is 0 Å². The third kappa shape index (κ3) is 2.95. The topological polar surface area (TPSA) is 83.6 Å². The highest BCUT2D eigenvalue weighted by Gasteiger charge is 2.33. The normalized spacial score (nSPS) is 22.9. The van der Waals surface area contributed by atoms with Gasteiger partial charge in [-0.3, -0.25) is 4.79 Å². The van der Waals surface area contributed by atoms with Crippen LogP contribution < -0.4 is 5.73 Å². The second-order valence-corrected chi connectivity index (χ2v) is 4.28. The lowest BCUT2D eigenvalue weighted by atomic mass is 10.0. The molecule has 92 valence electrons. The third-order valence-electron chi connectivity index (χ3n) is 2.99. The summed E-state index contributed by atoms with van der Waals surface area (Å²) in [6.45, 7) is 2.48. The van der Waals surface area contributed by atoms with Crippen molar-refractivity contribution in [1.29, 1.82) is 0 Å². The van der Waals surface area contributed by atoms with Crippen molar-refractivity contribution in [3.05, 3.63) is 0 Å². The molecule has 1 aliphatic rings. The SMILES string of the molecule is CCC[C@@H](N)C(=O)N1CCCC[C@@H]1C(=O)O. The van der Waals surface area contributed by atoms with Gasteiger partial charge in [-0.1, -0.05) is 13.3 Å². The molecule has 16 heavy (non-hydrogen) atoms. The van der Waals surface area contributed by atoms with E-state index in [1.807, 2.05) is 6.92 Å². The Morgan fingerprint density at radius 1 is 1.50 bits per heavy atom. The summed E-state index contributed by atoms with van der Waals surface area (Å²) in [5, 5.41) is 9.03. The number of amides is 1. The first-order valence-electron chi connectivity index (χ1n) is 5.86. The van der Waals surface area contributed by atoms with Crippen LogP contribution in [0.15, 0.2) is 0 Å². The van der Waals surface area contributed by atoms with Crippen LogP contribution in [0.3, 0.4) is 0 Å². The van der Waals surface area contributed by atoms with E-state index < -0.39 is 18.1 Å². The molecule has 3 N–H and O–H groups in total. The summed E-state index contributed by atoms with van der Waals surface area (Å²) in [5.74, 6) is -1.13. The van der Waals surface area contributed by atoms with Gasteiger partial charge in [0.25, 0.3) is 0 Å². The van der Waals surface area contributed by atoms with Gasteiger partial charge in [0, 0.05) is 6.54 Å². The van der Waals surface area contributed by atoms with Gasteiger partial charge in [-0.2, -0.15) is 0 Å². The molecule has 1 aliphatic heterocycles. The number of carboxylic acids is 1. The average molecular weight is 228 g/mol. The van der Waals surface area contributed by atoms with E-state index in [1.54, 1.807) is 0 Å². The molecule has 5 nitrogen and oxygen atoms in total. The first-order valence-corrected chi connectivity index (χ1v) is 5.86. The Balaban J connectivity index is 2.67. The molecular weight excluding hydrogens is 208 g/mol. The van der Waals surface area contributed by atoms with Gasteiger partial charge in [0.2, 0.25) is 5.91 Å². The molecule has 1 rings (SSSR count). The van der Waals surface area contributed by atoms with Crippen LogP contribution in [-0.4, -0.2) is 40.5 Å². The molecule has 1 heterocycles. The van der Waals surface area contributed by atoms with Crippen molar-refractivity contribution in [2.45, 2.75) is 51.1 Å². The van der Waals surface area contributed by atoms with Gasteiger partial charge in [-0.05, 0) is 25.7 Å². The molecule has 0 unspecified atom stereocenters. The van der Waals surface area contributed by atoms with E-state index in [-0.39, 0.29) is 5.91 Å². The number of nitrogens with zero attached hydrogens (tertiary/aromatic N) is 1. The first kappa shape index (κ1) is 13.0. The molecule has 0 spiro atoms. The van der Waals surface area contributed by atoms with Crippen molar-refractivity contribution in [2.75, 3.05) is 6.54 Å². The van der Waals surface area contributed by atoms with Crippen molar-refractivity contribution in [3.63, 3.8) is 0 Å². The Labute approximate surface area is 95.6 Å². The van der Waals surface area contributed by atoms with E-state index in [1.165, 1.54) is 4.90 Å². The lowest BCUT2D eigenvalue weighted by Crippen LogP contribution is -2.53. The average Bonchev–Trinajstić information content (AvgIpc) is 2.28. The summed E-state index contributed by atoms with van der Waals surface area (Å²) in [4.78, 5) is 24.4. The number of rotatable bonds is 4. The quantitative estimate of drug-likeness (QED) is 0.737. The molecule has 2 atom stereocenters. The number of nitrogens with two attached hydrogens (primary N) is 1. The summed E-state index contributed by atoms with van der Waals surface area (Å²) in [5.41, 5.74) is 5.74. The zero-order chi connectivity index (χ0) is 12.1. The maximum atomic E-state index is 11.9. The number of aliphatic carboxylic acids is 1. The molecule has 0 saturated carbocycles. The highest BCUT2D eigenvalue weighted by molar-refractivity contribution is 5.87. The van der Waals surface area contributed by atoms with Crippen molar-refractivity contribution >= 4 is 11.9 Å². The number of likely N-dealkylation sites (tertiary alicyclic amines) is 1. The van der Waals surface area contributed by atoms with Crippen LogP contribution in [-0.2, 0) is 9.59 Å². The van der Waals surface area contributed by atoms with Gasteiger partial charge >= 0.3 is 5.97 Å². The smallest absolute Gasteiger partial charge is 0.326 e. The lowest BCUT2D eigenvalue weighted by molar-refractivity contribution is -0.152. The van der Waals surface area contributed by atoms with Crippen LogP contribution in [0.25, 0.3) is 0 Å². The predicted octanol–water partition coefficient (Wildman–Crippen LogP) is 0.579. The van der Waals surface area contributed by atoms with Gasteiger partial charge in [-0.25, -0.2) is 4.79 Å². The summed E-state index contributed by atoms with van der Waals surface area (Å²) in [6.07, 6.45) is 3.72. The fraction of sp³-hybridized carbons (Fsp3) is 0.818. The monoisotopic (exact) mass is 228 g/mol. The Morgan fingerprint density at radius 3 is 2.75 bits per heavy atom. The summed E-state index contributed by atoms with van der Waals surface area (Å²) in [7, 11) is 0. The lowest BCUT2D eigenvalue weighted by Gasteiger charge is -2.34. The molecule has 0 bridgehead atoms. The minimum atomic E-state index is -0.920. The maximum absolute atomic E-state index is 11.9. The second kappa shape index (κ2) is 5.84.